The highest BCUT2D eigenvalue weighted by molar-refractivity contribution is 6.30. The molecule has 0 aliphatic carbocycles. The molecule has 2 aromatic carbocycles. The molecule has 9 heteroatoms. The van der Waals surface area contributed by atoms with E-state index < -0.39 is 0 Å². The molecule has 2 heterocycles. The van der Waals surface area contributed by atoms with Crippen molar-refractivity contribution in [2.75, 3.05) is 0 Å². The molecule has 0 bridgehead atoms. The predicted molar refractivity (Wildman–Crippen MR) is 122 cm³/mol. The molecule has 0 atom stereocenters. The highest BCUT2D eigenvalue weighted by Crippen LogP contribution is 2.26. The molecular weight excluding hydrogens is 426 g/mol. The van der Waals surface area contributed by atoms with Crippen molar-refractivity contribution < 1.29 is 4.79 Å². The van der Waals surface area contributed by atoms with Gasteiger partial charge >= 0.3 is 0 Å². The van der Waals surface area contributed by atoms with Gasteiger partial charge in [-0.3, -0.25) is 14.8 Å². The number of carbonyl (C=O) groups is 1. The minimum atomic E-state index is -0.227. The molecule has 1 amide bonds. The van der Waals surface area contributed by atoms with Crippen LogP contribution in [0.25, 0.3) is 16.8 Å². The van der Waals surface area contributed by atoms with Crippen LogP contribution in [0, 0.1) is 6.92 Å². The Morgan fingerprint density at radius 2 is 1.88 bits per heavy atom. The fraction of sp³-hybridized carbons (Fsp3) is 0.217. The average Bonchev–Trinajstić information content (AvgIpc) is 3.27. The van der Waals surface area contributed by atoms with Gasteiger partial charge in [0, 0.05) is 23.2 Å². The van der Waals surface area contributed by atoms with Crippen molar-refractivity contribution in [2.24, 2.45) is 0 Å². The number of hydrogen-bond acceptors (Lipinski definition) is 6. The van der Waals surface area contributed by atoms with E-state index in [-0.39, 0.29) is 12.5 Å². The smallest absolute Gasteiger partial charge is 0.251 e. The molecule has 4 rings (SSSR count). The summed E-state index contributed by atoms with van der Waals surface area (Å²) in [4.78, 5) is 21.5. The molecule has 2 aromatic heterocycles. The normalized spacial score (nSPS) is 10.8. The summed E-state index contributed by atoms with van der Waals surface area (Å²) in [5.41, 5.74) is 4.50. The van der Waals surface area contributed by atoms with Gasteiger partial charge in [-0.05, 0) is 65.2 Å². The first-order valence-electron chi connectivity index (χ1n) is 10.3. The first-order chi connectivity index (χ1) is 15.5. The Kier molecular flexibility index (Phi) is 6.51. The van der Waals surface area contributed by atoms with Crippen LogP contribution in [-0.2, 0) is 13.0 Å². The predicted octanol–water partition coefficient (Wildman–Crippen LogP) is 3.96. The Morgan fingerprint density at radius 3 is 2.59 bits per heavy atom. The molecule has 0 saturated heterocycles. The fourth-order valence-corrected chi connectivity index (χ4v) is 3.37. The zero-order chi connectivity index (χ0) is 22.5. The first-order valence-corrected chi connectivity index (χ1v) is 10.7. The Labute approximate surface area is 190 Å². The number of aromatic nitrogens is 6. The van der Waals surface area contributed by atoms with Crippen molar-refractivity contribution in [1.82, 2.24) is 35.5 Å². The summed E-state index contributed by atoms with van der Waals surface area (Å²) in [6.07, 6.45) is 4.96. The van der Waals surface area contributed by atoms with E-state index in [9.17, 15) is 4.79 Å². The third-order valence-electron chi connectivity index (χ3n) is 4.87. The summed E-state index contributed by atoms with van der Waals surface area (Å²) in [7, 11) is 0. The third-order valence-corrected chi connectivity index (χ3v) is 5.13. The van der Waals surface area contributed by atoms with Crippen LogP contribution in [0.1, 0.15) is 40.9 Å². The summed E-state index contributed by atoms with van der Waals surface area (Å²) in [5.74, 6) is 0.511. The molecule has 162 valence electrons. The molecule has 0 unspecified atom stereocenters. The van der Waals surface area contributed by atoms with E-state index >= 15 is 0 Å². The van der Waals surface area contributed by atoms with Crippen LogP contribution in [0.4, 0.5) is 0 Å². The molecule has 1 N–H and O–H groups in total. The van der Waals surface area contributed by atoms with E-state index in [4.69, 9.17) is 11.6 Å². The van der Waals surface area contributed by atoms with Crippen molar-refractivity contribution >= 4 is 17.5 Å². The Hall–Kier alpha value is -3.65. The quantitative estimate of drug-likeness (QED) is 0.460. The van der Waals surface area contributed by atoms with Gasteiger partial charge in [-0.2, -0.15) is 4.68 Å². The average molecular weight is 448 g/mol. The van der Waals surface area contributed by atoms with Crippen molar-refractivity contribution in [3.8, 4) is 16.8 Å². The number of carbonyl (C=O) groups excluding carboxylic acids is 1. The zero-order valence-electron chi connectivity index (χ0n) is 17.8. The van der Waals surface area contributed by atoms with Crippen molar-refractivity contribution in [1.29, 1.82) is 0 Å². The van der Waals surface area contributed by atoms with Crippen LogP contribution in [0.3, 0.4) is 0 Å². The van der Waals surface area contributed by atoms with Gasteiger partial charge in [0.2, 0.25) is 0 Å². The standard InChI is InChI=1S/C23H22ClN7O/c1-3-4-22-28-29-30-31(22)21-10-17(16-5-7-19(24)8-6-16)9-18(11-21)23(32)27-14-20-13-25-15(2)12-26-20/h5-13H,3-4,14H2,1-2H3,(H,27,32). The maximum atomic E-state index is 13.0. The second-order valence-corrected chi connectivity index (χ2v) is 7.80. The first kappa shape index (κ1) is 21.6. The second-order valence-electron chi connectivity index (χ2n) is 7.36. The number of hydrogen-bond donors (Lipinski definition) is 1. The van der Waals surface area contributed by atoms with Gasteiger partial charge in [0.15, 0.2) is 5.82 Å². The SMILES string of the molecule is CCCc1nnnn1-c1cc(C(=O)NCc2cnc(C)cn2)cc(-c2ccc(Cl)cc2)c1. The van der Waals surface area contributed by atoms with Crippen LogP contribution in [0.15, 0.2) is 54.9 Å². The van der Waals surface area contributed by atoms with Crippen LogP contribution >= 0.6 is 11.6 Å². The lowest BCUT2D eigenvalue weighted by molar-refractivity contribution is 0.0950. The van der Waals surface area contributed by atoms with Gasteiger partial charge in [-0.1, -0.05) is 30.7 Å². The lowest BCUT2D eigenvalue weighted by Crippen LogP contribution is -2.23. The zero-order valence-corrected chi connectivity index (χ0v) is 18.5. The number of rotatable bonds is 7. The third kappa shape index (κ3) is 4.97. The highest BCUT2D eigenvalue weighted by Gasteiger charge is 2.14. The molecule has 32 heavy (non-hydrogen) atoms. The van der Waals surface area contributed by atoms with Gasteiger partial charge in [-0.25, -0.2) is 0 Å². The van der Waals surface area contributed by atoms with Gasteiger partial charge in [0.25, 0.3) is 5.91 Å². The molecule has 0 aliphatic heterocycles. The van der Waals surface area contributed by atoms with Gasteiger partial charge in [0.05, 0.1) is 29.8 Å². The highest BCUT2D eigenvalue weighted by atomic mass is 35.5. The van der Waals surface area contributed by atoms with Crippen molar-refractivity contribution in [2.45, 2.75) is 33.2 Å². The van der Waals surface area contributed by atoms with E-state index in [0.29, 0.717) is 22.0 Å². The van der Waals surface area contributed by atoms with Crippen LogP contribution in [0.5, 0.6) is 0 Å². The molecule has 0 fully saturated rings. The van der Waals surface area contributed by atoms with Crippen molar-refractivity contribution in [3.05, 3.63) is 82.7 Å². The molecule has 0 spiro atoms. The van der Waals surface area contributed by atoms with Crippen molar-refractivity contribution in [3.63, 3.8) is 0 Å². The maximum absolute atomic E-state index is 13.0. The van der Waals surface area contributed by atoms with E-state index in [1.807, 2.05) is 43.3 Å². The number of amides is 1. The molecular formula is C23H22ClN7O. The van der Waals surface area contributed by atoms with Crippen LogP contribution in [-0.4, -0.2) is 36.1 Å². The second kappa shape index (κ2) is 9.65. The van der Waals surface area contributed by atoms with Gasteiger partial charge < -0.3 is 5.32 Å². The van der Waals surface area contributed by atoms with E-state index in [1.165, 1.54) is 0 Å². The molecule has 0 radical (unpaired) electrons. The summed E-state index contributed by atoms with van der Waals surface area (Å²) in [5, 5.41) is 15.6. The number of halogens is 1. The monoisotopic (exact) mass is 447 g/mol. The number of nitrogens with one attached hydrogen (secondary N) is 1. The van der Waals surface area contributed by atoms with E-state index in [2.05, 4.69) is 37.7 Å². The minimum absolute atomic E-state index is 0.227. The number of nitrogens with zero attached hydrogens (tertiary/aromatic N) is 6. The lowest BCUT2D eigenvalue weighted by Gasteiger charge is -2.12. The maximum Gasteiger partial charge on any atom is 0.251 e. The van der Waals surface area contributed by atoms with Gasteiger partial charge in [-0.15, -0.1) is 5.10 Å². The largest absolute Gasteiger partial charge is 0.346 e. The minimum Gasteiger partial charge on any atom is -0.346 e. The lowest BCUT2D eigenvalue weighted by atomic mass is 10.0. The molecule has 0 aliphatic rings. The molecule has 8 nitrogen and oxygen atoms in total. The number of tetrazole rings is 1. The summed E-state index contributed by atoms with van der Waals surface area (Å²) < 4.78 is 1.67. The Morgan fingerprint density at radius 1 is 1.06 bits per heavy atom. The van der Waals surface area contributed by atoms with E-state index in [0.717, 1.165) is 35.5 Å². The Balaban J connectivity index is 1.69. The topological polar surface area (TPSA) is 98.5 Å². The van der Waals surface area contributed by atoms with Gasteiger partial charge in [0.1, 0.15) is 0 Å². The molecule has 4 aromatic rings. The summed E-state index contributed by atoms with van der Waals surface area (Å²) >= 11 is 6.05. The van der Waals surface area contributed by atoms with Crippen LogP contribution < -0.4 is 5.32 Å². The van der Waals surface area contributed by atoms with E-state index in [1.54, 1.807) is 23.1 Å². The fourth-order valence-electron chi connectivity index (χ4n) is 3.24. The summed E-state index contributed by atoms with van der Waals surface area (Å²) in [6, 6.07) is 13.0. The molecule has 0 saturated carbocycles. The number of benzene rings is 2. The number of aryl methyl sites for hydroxylation is 2. The Bertz CT molecular complexity index is 1220. The van der Waals surface area contributed by atoms with Crippen LogP contribution in [0.2, 0.25) is 5.02 Å². The summed E-state index contributed by atoms with van der Waals surface area (Å²) in [6.45, 7) is 4.21.